The van der Waals surface area contributed by atoms with E-state index in [-0.39, 0.29) is 28.6 Å². The lowest BCUT2D eigenvalue weighted by atomic mass is 9.47. The molecule has 7 atom stereocenters. The molecule has 1 aromatic heterocycles. The number of hydrogen-bond donors (Lipinski definition) is 0. The summed E-state index contributed by atoms with van der Waals surface area (Å²) in [6.45, 7) is 4.85. The van der Waals surface area contributed by atoms with Crippen molar-refractivity contribution in [3.8, 4) is 0 Å². The van der Waals surface area contributed by atoms with Gasteiger partial charge in [-0.15, -0.1) is 0 Å². The Morgan fingerprint density at radius 2 is 1.82 bits per heavy atom. The second-order valence-electron chi connectivity index (χ2n) is 12.6. The van der Waals surface area contributed by atoms with Gasteiger partial charge in [0.2, 0.25) is 0 Å². The van der Waals surface area contributed by atoms with Crippen molar-refractivity contribution in [1.29, 1.82) is 0 Å². The molecular formula is C34H39NO3S. The third kappa shape index (κ3) is 4.61. The molecule has 4 aliphatic carbocycles. The van der Waals surface area contributed by atoms with Crippen LogP contribution in [0.15, 0.2) is 83.1 Å². The van der Waals surface area contributed by atoms with E-state index in [1.54, 1.807) is 6.20 Å². The summed E-state index contributed by atoms with van der Waals surface area (Å²) in [5, 5.41) is 1.10. The Hall–Kier alpha value is -2.66. The number of allylic oxidation sites excluding steroid dienone is 3. The van der Waals surface area contributed by atoms with Crippen LogP contribution in [0.1, 0.15) is 57.9 Å². The van der Waals surface area contributed by atoms with E-state index < -0.39 is 0 Å². The Morgan fingerprint density at radius 1 is 1.03 bits per heavy atom. The predicted molar refractivity (Wildman–Crippen MR) is 155 cm³/mol. The SMILES string of the molecule is COC(=O)C1=CC2=CC[C@H]3[C@@H]4CC[C@H](C(=O)Sc5ccccn5)[C@@]4(C)CC[C@@H]3[C@@]2(C)C[C@H]1Cc1ccccc1. The Labute approximate surface area is 236 Å². The van der Waals surface area contributed by atoms with Crippen molar-refractivity contribution in [2.45, 2.75) is 63.8 Å². The zero-order valence-corrected chi connectivity index (χ0v) is 24.1. The van der Waals surface area contributed by atoms with Crippen LogP contribution >= 0.6 is 11.8 Å². The smallest absolute Gasteiger partial charge is 0.334 e. The van der Waals surface area contributed by atoms with E-state index >= 15 is 0 Å². The van der Waals surface area contributed by atoms with Gasteiger partial charge in [0.15, 0.2) is 5.12 Å². The van der Waals surface area contributed by atoms with E-state index in [0.29, 0.717) is 22.9 Å². The second-order valence-corrected chi connectivity index (χ2v) is 13.7. The van der Waals surface area contributed by atoms with Crippen LogP contribution in [0.4, 0.5) is 0 Å². The van der Waals surface area contributed by atoms with Crippen molar-refractivity contribution in [1.82, 2.24) is 4.98 Å². The lowest BCUT2D eigenvalue weighted by Gasteiger charge is -2.57. The van der Waals surface area contributed by atoms with E-state index in [0.717, 1.165) is 55.5 Å². The Morgan fingerprint density at radius 3 is 2.56 bits per heavy atom. The summed E-state index contributed by atoms with van der Waals surface area (Å²) in [5.41, 5.74) is 3.49. The van der Waals surface area contributed by atoms with Crippen molar-refractivity contribution in [2.24, 2.45) is 40.4 Å². The molecule has 2 saturated carbocycles. The summed E-state index contributed by atoms with van der Waals surface area (Å²) < 4.78 is 5.25. The molecule has 5 heteroatoms. The van der Waals surface area contributed by atoms with Gasteiger partial charge in [-0.25, -0.2) is 9.78 Å². The summed E-state index contributed by atoms with van der Waals surface area (Å²) in [7, 11) is 1.49. The third-order valence-corrected chi connectivity index (χ3v) is 11.8. The summed E-state index contributed by atoms with van der Waals surface area (Å²) in [6.07, 6.45) is 13.6. The molecule has 0 bridgehead atoms. The molecule has 2 aromatic rings. The van der Waals surface area contributed by atoms with Crippen LogP contribution in [0.3, 0.4) is 0 Å². The van der Waals surface area contributed by atoms with Crippen molar-refractivity contribution < 1.29 is 14.3 Å². The lowest BCUT2D eigenvalue weighted by molar-refractivity contribution is -0.137. The van der Waals surface area contributed by atoms with Gasteiger partial charge >= 0.3 is 5.97 Å². The van der Waals surface area contributed by atoms with Gasteiger partial charge in [-0.05, 0) is 121 Å². The first-order chi connectivity index (χ1) is 18.8. The Balaban J connectivity index is 1.27. The monoisotopic (exact) mass is 541 g/mol. The van der Waals surface area contributed by atoms with Crippen LogP contribution in [0.2, 0.25) is 0 Å². The molecule has 0 unspecified atom stereocenters. The third-order valence-electron chi connectivity index (χ3n) is 10.8. The maximum Gasteiger partial charge on any atom is 0.334 e. The maximum absolute atomic E-state index is 13.5. The fourth-order valence-electron chi connectivity index (χ4n) is 8.91. The minimum Gasteiger partial charge on any atom is -0.466 e. The van der Waals surface area contributed by atoms with Crippen molar-refractivity contribution in [2.75, 3.05) is 7.11 Å². The average molecular weight is 542 g/mol. The number of methoxy groups -OCH3 is 1. The molecule has 4 nitrogen and oxygen atoms in total. The molecule has 2 fully saturated rings. The first kappa shape index (κ1) is 26.6. The number of rotatable bonds is 5. The molecule has 0 saturated heterocycles. The van der Waals surface area contributed by atoms with Crippen LogP contribution in [-0.4, -0.2) is 23.2 Å². The molecule has 0 amide bonds. The maximum atomic E-state index is 13.5. The topological polar surface area (TPSA) is 56.3 Å². The van der Waals surface area contributed by atoms with Gasteiger partial charge < -0.3 is 4.74 Å². The zero-order chi connectivity index (χ0) is 27.2. The van der Waals surface area contributed by atoms with E-state index in [1.165, 1.54) is 30.0 Å². The summed E-state index contributed by atoms with van der Waals surface area (Å²) in [5.74, 6) is 1.75. The second kappa shape index (κ2) is 10.4. The van der Waals surface area contributed by atoms with Gasteiger partial charge in [0.1, 0.15) is 5.03 Å². The number of nitrogens with zero attached hydrogens (tertiary/aromatic N) is 1. The van der Waals surface area contributed by atoms with Crippen LogP contribution in [0, 0.1) is 40.4 Å². The number of aromatic nitrogens is 1. The summed E-state index contributed by atoms with van der Waals surface area (Å²) in [4.78, 5) is 30.8. The van der Waals surface area contributed by atoms with Gasteiger partial charge in [0.25, 0.3) is 0 Å². The standard InChI is InChI=1S/C34H39NO3S/c1-33-17-16-28-25(27(33)14-15-29(33)32(37)39-30-11-7-8-18-35-30)13-12-24-20-26(31(36)38-3)23(21-34(24,28)2)19-22-9-5-4-6-10-22/h4-12,18,20,23,25,27-29H,13-17,19,21H2,1-3H3/t23-,25+,27+,28+,29-,33+,34+/m1/s1. The summed E-state index contributed by atoms with van der Waals surface area (Å²) >= 11 is 1.33. The molecule has 0 spiro atoms. The number of thioether (sulfide) groups is 1. The van der Waals surface area contributed by atoms with E-state index in [2.05, 4.69) is 55.2 Å². The molecule has 204 valence electrons. The predicted octanol–water partition coefficient (Wildman–Crippen LogP) is 7.46. The van der Waals surface area contributed by atoms with E-state index in [9.17, 15) is 9.59 Å². The minimum atomic E-state index is -0.195. The Kier molecular flexibility index (Phi) is 7.07. The number of carbonyl (C=O) groups is 2. The number of pyridine rings is 1. The van der Waals surface area contributed by atoms with Crippen molar-refractivity contribution >= 4 is 22.8 Å². The molecule has 1 heterocycles. The van der Waals surface area contributed by atoms with Crippen LogP contribution in [0.25, 0.3) is 0 Å². The molecule has 0 aliphatic heterocycles. The number of esters is 1. The van der Waals surface area contributed by atoms with Crippen LogP contribution in [-0.2, 0) is 20.7 Å². The number of carbonyl (C=O) groups excluding carboxylic acids is 2. The average Bonchev–Trinajstić information content (AvgIpc) is 3.30. The number of benzene rings is 1. The fraction of sp³-hybridized carbons (Fsp3) is 0.500. The lowest BCUT2D eigenvalue weighted by Crippen LogP contribution is -2.50. The van der Waals surface area contributed by atoms with Gasteiger partial charge in [0, 0.05) is 17.7 Å². The largest absolute Gasteiger partial charge is 0.466 e. The van der Waals surface area contributed by atoms with E-state index in [4.69, 9.17) is 4.74 Å². The Bertz CT molecular complexity index is 1300. The molecule has 39 heavy (non-hydrogen) atoms. The van der Waals surface area contributed by atoms with Gasteiger partial charge in [-0.1, -0.05) is 56.3 Å². The highest BCUT2D eigenvalue weighted by Crippen LogP contribution is 2.67. The highest BCUT2D eigenvalue weighted by molar-refractivity contribution is 8.13. The van der Waals surface area contributed by atoms with Gasteiger partial charge in [-0.2, -0.15) is 0 Å². The number of fused-ring (bicyclic) bond motifs is 5. The molecule has 6 rings (SSSR count). The number of hydrogen-bond acceptors (Lipinski definition) is 5. The quantitative estimate of drug-likeness (QED) is 0.291. The number of ether oxygens (including phenoxy) is 1. The van der Waals surface area contributed by atoms with E-state index in [1.807, 2.05) is 24.3 Å². The van der Waals surface area contributed by atoms with Crippen molar-refractivity contribution in [3.05, 3.63) is 83.6 Å². The molecule has 0 radical (unpaired) electrons. The van der Waals surface area contributed by atoms with Crippen LogP contribution < -0.4 is 0 Å². The first-order valence-corrected chi connectivity index (χ1v) is 15.3. The van der Waals surface area contributed by atoms with Crippen molar-refractivity contribution in [3.63, 3.8) is 0 Å². The summed E-state index contributed by atoms with van der Waals surface area (Å²) in [6, 6.07) is 16.3. The first-order valence-electron chi connectivity index (χ1n) is 14.5. The molecular weight excluding hydrogens is 502 g/mol. The molecule has 1 aromatic carbocycles. The highest BCUT2D eigenvalue weighted by Gasteiger charge is 2.60. The normalized spacial score (nSPS) is 35.1. The van der Waals surface area contributed by atoms with Crippen LogP contribution in [0.5, 0.6) is 0 Å². The molecule has 4 aliphatic rings. The minimum absolute atomic E-state index is 0.0337. The highest BCUT2D eigenvalue weighted by atomic mass is 32.2. The van der Waals surface area contributed by atoms with Gasteiger partial charge in [0.05, 0.1) is 7.11 Å². The van der Waals surface area contributed by atoms with Gasteiger partial charge in [-0.3, -0.25) is 4.79 Å². The molecule has 0 N–H and O–H groups in total. The fourth-order valence-corrected chi connectivity index (χ4v) is 9.91. The zero-order valence-electron chi connectivity index (χ0n) is 23.3.